The molecule has 0 radical (unpaired) electrons. The summed E-state index contributed by atoms with van der Waals surface area (Å²) in [6.07, 6.45) is 3.90. The van der Waals surface area contributed by atoms with E-state index >= 15 is 0 Å². The minimum Gasteiger partial charge on any atom is -0.503 e. The zero-order valence-electron chi connectivity index (χ0n) is 21.9. The lowest BCUT2D eigenvalue weighted by Crippen LogP contribution is -2.48. The number of benzene rings is 3. The number of imide groups is 1. The Hall–Kier alpha value is -2.98. The summed E-state index contributed by atoms with van der Waals surface area (Å²) < 4.78 is 11.7. The Labute approximate surface area is 263 Å². The molecule has 7 nitrogen and oxygen atoms in total. The number of halogens is 4. The number of nitrogens with zero attached hydrogens (tertiary/aromatic N) is 1. The molecule has 3 atom stereocenters. The first-order chi connectivity index (χ1) is 19.6. The highest BCUT2D eigenvalue weighted by molar-refractivity contribution is 9.13. The summed E-state index contributed by atoms with van der Waals surface area (Å²) in [4.78, 5) is 29.0. The van der Waals surface area contributed by atoms with Crippen molar-refractivity contribution >= 4 is 72.6 Å². The number of aromatic hydroxyl groups is 1. The van der Waals surface area contributed by atoms with E-state index in [0.717, 1.165) is 10.6 Å². The number of carbonyl (C=O) groups is 2. The summed E-state index contributed by atoms with van der Waals surface area (Å²) >= 11 is 19.6. The molecule has 212 valence electrons. The Bertz CT molecular complexity index is 1610. The van der Waals surface area contributed by atoms with Crippen LogP contribution in [0.5, 0.6) is 17.2 Å². The van der Waals surface area contributed by atoms with Gasteiger partial charge in [0.05, 0.1) is 40.7 Å². The number of nitrogens with one attached hydrogen (secondary N) is 1. The van der Waals surface area contributed by atoms with Gasteiger partial charge in [0.2, 0.25) is 0 Å². The smallest absolute Gasteiger partial charge is 0.260 e. The maximum atomic E-state index is 14.8. The first-order valence-electron chi connectivity index (χ1n) is 12.4. The summed E-state index contributed by atoms with van der Waals surface area (Å²) in [6, 6.07) is 13.5. The van der Waals surface area contributed by atoms with E-state index in [2.05, 4.69) is 43.9 Å². The number of hydrogen-bond donors (Lipinski definition) is 2. The lowest BCUT2D eigenvalue weighted by molar-refractivity contribution is -0.138. The van der Waals surface area contributed by atoms with E-state index in [4.69, 9.17) is 32.7 Å². The summed E-state index contributed by atoms with van der Waals surface area (Å²) in [5.41, 5.74) is 3.86. The standard InChI is InChI=1S/C30H24Br2Cl2N2O5/c1-4-15-5-11-20-28(38)36(35-22-12-8-17(33)13-21(22)34)29(39)30(20,16-6-9-18(40-2)10-7-16)24(15)19-14-23(41-3)27(37)26(32)25(19)31/h4-10,12-14,20,24,35,37H,1,11H2,2-3H3. The number of amides is 2. The van der Waals surface area contributed by atoms with E-state index in [9.17, 15) is 14.7 Å². The topological polar surface area (TPSA) is 88.1 Å². The maximum absolute atomic E-state index is 14.8. The van der Waals surface area contributed by atoms with Crippen LogP contribution in [0.3, 0.4) is 0 Å². The fourth-order valence-electron chi connectivity index (χ4n) is 5.80. The number of methoxy groups -OCH3 is 2. The van der Waals surface area contributed by atoms with E-state index in [-0.39, 0.29) is 22.9 Å². The molecule has 0 spiro atoms. The average Bonchev–Trinajstić information content (AvgIpc) is 3.19. The van der Waals surface area contributed by atoms with Crippen LogP contribution in [0.4, 0.5) is 5.69 Å². The van der Waals surface area contributed by atoms with Crippen molar-refractivity contribution in [2.75, 3.05) is 19.6 Å². The summed E-state index contributed by atoms with van der Waals surface area (Å²) in [7, 11) is 3.00. The zero-order chi connectivity index (χ0) is 29.6. The molecule has 5 rings (SSSR count). The largest absolute Gasteiger partial charge is 0.503 e. The Morgan fingerprint density at radius 3 is 2.39 bits per heavy atom. The number of phenolic OH excluding ortho intramolecular Hbond substituents is 1. The molecule has 3 unspecified atom stereocenters. The minimum absolute atomic E-state index is 0.104. The van der Waals surface area contributed by atoms with Gasteiger partial charge in [0.15, 0.2) is 11.5 Å². The minimum atomic E-state index is -1.42. The van der Waals surface area contributed by atoms with Crippen molar-refractivity contribution in [3.63, 3.8) is 0 Å². The van der Waals surface area contributed by atoms with Crippen molar-refractivity contribution in [3.05, 3.63) is 103 Å². The van der Waals surface area contributed by atoms with Crippen LogP contribution in [-0.4, -0.2) is 36.1 Å². The highest BCUT2D eigenvalue weighted by Crippen LogP contribution is 2.60. The summed E-state index contributed by atoms with van der Waals surface area (Å²) in [5, 5.41) is 12.4. The molecule has 2 N–H and O–H groups in total. The normalized spacial score (nSPS) is 21.8. The molecule has 11 heteroatoms. The van der Waals surface area contributed by atoms with Gasteiger partial charge in [-0.15, -0.1) is 0 Å². The quantitative estimate of drug-likeness (QED) is 0.242. The number of carbonyl (C=O) groups excluding carboxylic acids is 2. The van der Waals surface area contributed by atoms with Gasteiger partial charge in [-0.05, 0) is 91.4 Å². The van der Waals surface area contributed by atoms with E-state index in [0.29, 0.717) is 36.5 Å². The van der Waals surface area contributed by atoms with E-state index in [1.165, 1.54) is 13.2 Å². The van der Waals surface area contributed by atoms with Gasteiger partial charge >= 0.3 is 0 Å². The molecule has 3 aromatic rings. The third-order valence-corrected chi connectivity index (χ3v) is 10.4. The van der Waals surface area contributed by atoms with Crippen molar-refractivity contribution in [2.45, 2.75) is 17.8 Å². The molecule has 1 aliphatic carbocycles. The maximum Gasteiger partial charge on any atom is 0.260 e. The molecule has 2 amide bonds. The molecule has 1 aliphatic heterocycles. The number of anilines is 1. The number of hydrazine groups is 1. The second-order valence-electron chi connectivity index (χ2n) is 9.59. The third-order valence-electron chi connectivity index (χ3n) is 7.67. The SMILES string of the molecule is C=CC1=CCC2C(=O)N(Nc3ccc(Cl)cc3Cl)C(=O)C2(c2ccc(OC)cc2)C1c1cc(OC)c(O)c(Br)c1Br. The van der Waals surface area contributed by atoms with Crippen molar-refractivity contribution in [1.29, 1.82) is 0 Å². The number of hydrogen-bond acceptors (Lipinski definition) is 6. The van der Waals surface area contributed by atoms with Crippen LogP contribution in [0.1, 0.15) is 23.5 Å². The second kappa shape index (κ2) is 11.4. The van der Waals surface area contributed by atoms with Gasteiger partial charge < -0.3 is 14.6 Å². The molecular weight excluding hydrogens is 699 g/mol. The van der Waals surface area contributed by atoms with Crippen molar-refractivity contribution in [2.24, 2.45) is 5.92 Å². The average molecular weight is 723 g/mol. The predicted octanol–water partition coefficient (Wildman–Crippen LogP) is 7.79. The van der Waals surface area contributed by atoms with E-state index in [1.54, 1.807) is 55.7 Å². The van der Waals surface area contributed by atoms with Crippen LogP contribution < -0.4 is 14.9 Å². The summed E-state index contributed by atoms with van der Waals surface area (Å²) in [6.45, 7) is 4.04. The number of rotatable bonds is 7. The fourth-order valence-corrected chi connectivity index (χ4v) is 7.21. The lowest BCUT2D eigenvalue weighted by atomic mass is 9.56. The van der Waals surface area contributed by atoms with Crippen molar-refractivity contribution in [3.8, 4) is 17.2 Å². The molecule has 0 aromatic heterocycles. The fraction of sp³-hybridized carbons (Fsp3) is 0.200. The number of allylic oxidation sites excluding steroid dienone is 3. The van der Waals surface area contributed by atoms with Gasteiger partial charge in [0.25, 0.3) is 11.8 Å². The first-order valence-corrected chi connectivity index (χ1v) is 14.8. The van der Waals surface area contributed by atoms with Crippen LogP contribution in [0.25, 0.3) is 0 Å². The Kier molecular flexibility index (Phi) is 8.18. The molecule has 0 saturated carbocycles. The second-order valence-corrected chi connectivity index (χ2v) is 12.0. The summed E-state index contributed by atoms with van der Waals surface area (Å²) in [5.74, 6) is -1.70. The van der Waals surface area contributed by atoms with Gasteiger partial charge in [0.1, 0.15) is 5.75 Å². The van der Waals surface area contributed by atoms with Crippen LogP contribution in [-0.2, 0) is 15.0 Å². The van der Waals surface area contributed by atoms with Gasteiger partial charge in [-0.1, -0.05) is 54.1 Å². The molecule has 0 bridgehead atoms. The van der Waals surface area contributed by atoms with Crippen molar-refractivity contribution < 1.29 is 24.2 Å². The third kappa shape index (κ3) is 4.63. The molecule has 1 fully saturated rings. The molecule has 3 aromatic carbocycles. The van der Waals surface area contributed by atoms with Gasteiger partial charge in [-0.2, -0.15) is 5.01 Å². The molecule has 1 saturated heterocycles. The van der Waals surface area contributed by atoms with Crippen LogP contribution in [0, 0.1) is 5.92 Å². The molecule has 2 aliphatic rings. The predicted molar refractivity (Wildman–Crippen MR) is 166 cm³/mol. The van der Waals surface area contributed by atoms with Gasteiger partial charge in [0, 0.05) is 15.4 Å². The highest BCUT2D eigenvalue weighted by Gasteiger charge is 2.66. The Morgan fingerprint density at radius 1 is 1.07 bits per heavy atom. The number of phenols is 1. The zero-order valence-corrected chi connectivity index (χ0v) is 26.6. The lowest BCUT2D eigenvalue weighted by Gasteiger charge is -2.43. The monoisotopic (exact) mass is 720 g/mol. The highest BCUT2D eigenvalue weighted by atomic mass is 79.9. The Balaban J connectivity index is 1.79. The first kappa shape index (κ1) is 29.5. The van der Waals surface area contributed by atoms with E-state index in [1.807, 2.05) is 6.08 Å². The van der Waals surface area contributed by atoms with Crippen LogP contribution in [0.2, 0.25) is 10.0 Å². The number of ether oxygens (including phenoxy) is 2. The van der Waals surface area contributed by atoms with Gasteiger partial charge in [-0.3, -0.25) is 15.0 Å². The van der Waals surface area contributed by atoms with Crippen molar-refractivity contribution in [1.82, 2.24) is 5.01 Å². The molecular formula is C30H24Br2Cl2N2O5. The van der Waals surface area contributed by atoms with E-state index < -0.39 is 29.1 Å². The van der Waals surface area contributed by atoms with Gasteiger partial charge in [-0.25, -0.2) is 0 Å². The van der Waals surface area contributed by atoms with Crippen LogP contribution in [0.15, 0.2) is 81.8 Å². The molecule has 41 heavy (non-hydrogen) atoms. The number of fused-ring (bicyclic) bond motifs is 1. The molecule has 1 heterocycles. The Morgan fingerprint density at radius 2 is 1.78 bits per heavy atom. The van der Waals surface area contributed by atoms with Crippen LogP contribution >= 0.6 is 55.1 Å².